The van der Waals surface area contributed by atoms with Crippen LogP contribution in [0.15, 0.2) is 21.2 Å². The third-order valence-corrected chi connectivity index (χ3v) is 3.31. The third-order valence-electron chi connectivity index (χ3n) is 2.88. The smallest absolute Gasteiger partial charge is 0.169 e. The first-order valence-electron chi connectivity index (χ1n) is 4.84. The molecule has 0 saturated heterocycles. The number of hydrogen-bond donors (Lipinski definition) is 2. The van der Waals surface area contributed by atoms with Crippen LogP contribution >= 0.6 is 15.9 Å². The average Bonchev–Trinajstić information content (AvgIpc) is 2.50. The van der Waals surface area contributed by atoms with Crippen LogP contribution in [-0.2, 0) is 6.54 Å². The summed E-state index contributed by atoms with van der Waals surface area (Å²) >= 11 is 3.26. The van der Waals surface area contributed by atoms with Crippen LogP contribution in [0.2, 0.25) is 0 Å². The minimum Gasteiger partial charge on any atom is -0.453 e. The first-order valence-corrected chi connectivity index (χ1v) is 5.63. The van der Waals surface area contributed by atoms with Crippen LogP contribution in [0.5, 0.6) is 0 Å². The molecule has 1 aromatic rings. The largest absolute Gasteiger partial charge is 0.453 e. The molecule has 2 N–H and O–H groups in total. The predicted octanol–water partition coefficient (Wildman–Crippen LogP) is 2.05. The molecule has 78 valence electrons. The van der Waals surface area contributed by atoms with Crippen molar-refractivity contribution < 1.29 is 9.52 Å². The van der Waals surface area contributed by atoms with Crippen LogP contribution in [0.1, 0.15) is 25.0 Å². The van der Waals surface area contributed by atoms with Gasteiger partial charge in [-0.25, -0.2) is 0 Å². The molecule has 0 spiro atoms. The van der Waals surface area contributed by atoms with Gasteiger partial charge in [0.05, 0.1) is 13.2 Å². The van der Waals surface area contributed by atoms with Crippen LogP contribution < -0.4 is 5.32 Å². The fourth-order valence-electron chi connectivity index (χ4n) is 1.72. The van der Waals surface area contributed by atoms with Gasteiger partial charge in [-0.05, 0) is 47.3 Å². The van der Waals surface area contributed by atoms with Crippen molar-refractivity contribution in [2.45, 2.75) is 31.3 Å². The number of furan rings is 1. The normalized spacial score (nSPS) is 19.3. The van der Waals surface area contributed by atoms with Crippen molar-refractivity contribution in [2.24, 2.45) is 0 Å². The fraction of sp³-hybridized carbons (Fsp3) is 0.600. The van der Waals surface area contributed by atoms with Crippen molar-refractivity contribution >= 4 is 15.9 Å². The number of hydrogen-bond acceptors (Lipinski definition) is 3. The average molecular weight is 260 g/mol. The molecule has 1 heterocycles. The summed E-state index contributed by atoms with van der Waals surface area (Å²) in [5.41, 5.74) is -0.0424. The van der Waals surface area contributed by atoms with E-state index in [0.29, 0.717) is 6.54 Å². The summed E-state index contributed by atoms with van der Waals surface area (Å²) in [5, 5.41) is 12.6. The second kappa shape index (κ2) is 4.04. The Bertz CT molecular complexity index is 301. The zero-order valence-electron chi connectivity index (χ0n) is 7.92. The van der Waals surface area contributed by atoms with Gasteiger partial charge in [0.25, 0.3) is 0 Å². The molecule has 3 nitrogen and oxygen atoms in total. The predicted molar refractivity (Wildman–Crippen MR) is 56.9 cm³/mol. The van der Waals surface area contributed by atoms with E-state index >= 15 is 0 Å². The van der Waals surface area contributed by atoms with E-state index in [0.717, 1.165) is 23.3 Å². The van der Waals surface area contributed by atoms with E-state index in [9.17, 15) is 5.11 Å². The lowest BCUT2D eigenvalue weighted by atomic mass is 9.77. The molecule has 14 heavy (non-hydrogen) atoms. The molecule has 1 aliphatic carbocycles. The first kappa shape index (κ1) is 10.2. The summed E-state index contributed by atoms with van der Waals surface area (Å²) in [7, 11) is 0. The van der Waals surface area contributed by atoms with Crippen LogP contribution in [0.4, 0.5) is 0 Å². The van der Waals surface area contributed by atoms with Gasteiger partial charge in [-0.1, -0.05) is 0 Å². The van der Waals surface area contributed by atoms with Crippen molar-refractivity contribution in [1.82, 2.24) is 5.32 Å². The molecular weight excluding hydrogens is 246 g/mol. The molecule has 0 bridgehead atoms. The molecule has 0 aliphatic heterocycles. The minimum absolute atomic E-state index is 0.0424. The number of aliphatic hydroxyl groups excluding tert-OH is 1. The number of rotatable bonds is 4. The van der Waals surface area contributed by atoms with Gasteiger partial charge in [0, 0.05) is 5.54 Å². The molecule has 0 unspecified atom stereocenters. The van der Waals surface area contributed by atoms with Crippen LogP contribution in [0.25, 0.3) is 0 Å². The second-order valence-electron chi connectivity index (χ2n) is 3.85. The zero-order valence-corrected chi connectivity index (χ0v) is 9.51. The SMILES string of the molecule is OCC1(NCc2ccc(Br)o2)CCC1. The Labute approximate surface area is 91.6 Å². The molecule has 1 aliphatic rings. The minimum atomic E-state index is -0.0424. The highest BCUT2D eigenvalue weighted by atomic mass is 79.9. The summed E-state index contributed by atoms with van der Waals surface area (Å²) in [6.45, 7) is 0.904. The van der Waals surface area contributed by atoms with Crippen molar-refractivity contribution in [2.75, 3.05) is 6.61 Å². The van der Waals surface area contributed by atoms with E-state index < -0.39 is 0 Å². The Balaban J connectivity index is 1.87. The van der Waals surface area contributed by atoms with Crippen LogP contribution in [-0.4, -0.2) is 17.3 Å². The molecule has 0 radical (unpaired) electrons. The Morgan fingerprint density at radius 3 is 2.71 bits per heavy atom. The van der Waals surface area contributed by atoms with Gasteiger partial charge in [0.15, 0.2) is 4.67 Å². The van der Waals surface area contributed by atoms with E-state index in [-0.39, 0.29) is 12.1 Å². The van der Waals surface area contributed by atoms with E-state index in [2.05, 4.69) is 21.2 Å². The molecule has 1 aromatic heterocycles. The number of halogens is 1. The molecule has 0 atom stereocenters. The van der Waals surface area contributed by atoms with Gasteiger partial charge in [0.1, 0.15) is 5.76 Å². The van der Waals surface area contributed by atoms with Crippen molar-refractivity contribution in [3.05, 3.63) is 22.6 Å². The van der Waals surface area contributed by atoms with Crippen LogP contribution in [0.3, 0.4) is 0 Å². The quantitative estimate of drug-likeness (QED) is 0.870. The van der Waals surface area contributed by atoms with Gasteiger partial charge in [-0.3, -0.25) is 0 Å². The summed E-state index contributed by atoms with van der Waals surface area (Å²) in [6.07, 6.45) is 3.33. The number of aliphatic hydroxyl groups is 1. The highest BCUT2D eigenvalue weighted by molar-refractivity contribution is 9.10. The zero-order chi connectivity index (χ0) is 10.0. The molecule has 2 rings (SSSR count). The van der Waals surface area contributed by atoms with Gasteiger partial charge >= 0.3 is 0 Å². The Morgan fingerprint density at radius 1 is 1.50 bits per heavy atom. The highest BCUT2D eigenvalue weighted by Crippen LogP contribution is 2.31. The fourth-order valence-corrected chi connectivity index (χ4v) is 2.06. The third kappa shape index (κ3) is 2.02. The maximum atomic E-state index is 9.22. The molecule has 4 heteroatoms. The molecule has 1 fully saturated rings. The van der Waals surface area contributed by atoms with Crippen molar-refractivity contribution in [3.8, 4) is 0 Å². The molecule has 0 aromatic carbocycles. The lowest BCUT2D eigenvalue weighted by Crippen LogP contribution is -2.53. The lowest BCUT2D eigenvalue weighted by molar-refractivity contribution is 0.0852. The first-order chi connectivity index (χ1) is 6.74. The summed E-state index contributed by atoms with van der Waals surface area (Å²) in [4.78, 5) is 0. The maximum Gasteiger partial charge on any atom is 0.169 e. The maximum absolute atomic E-state index is 9.22. The molecule has 0 amide bonds. The van der Waals surface area contributed by atoms with Gasteiger partial charge in [-0.2, -0.15) is 0 Å². The second-order valence-corrected chi connectivity index (χ2v) is 4.63. The van der Waals surface area contributed by atoms with E-state index in [1.165, 1.54) is 6.42 Å². The molecule has 1 saturated carbocycles. The van der Waals surface area contributed by atoms with E-state index in [1.54, 1.807) is 0 Å². The summed E-state index contributed by atoms with van der Waals surface area (Å²) in [5.74, 6) is 0.900. The van der Waals surface area contributed by atoms with Gasteiger partial charge in [0.2, 0.25) is 0 Å². The summed E-state index contributed by atoms with van der Waals surface area (Å²) < 4.78 is 6.12. The van der Waals surface area contributed by atoms with Gasteiger partial charge in [-0.15, -0.1) is 0 Å². The Morgan fingerprint density at radius 2 is 2.29 bits per heavy atom. The van der Waals surface area contributed by atoms with E-state index in [1.807, 2.05) is 12.1 Å². The molecular formula is C10H14BrNO2. The van der Waals surface area contributed by atoms with E-state index in [4.69, 9.17) is 4.42 Å². The Hall–Kier alpha value is -0.320. The summed E-state index contributed by atoms with van der Waals surface area (Å²) in [6, 6.07) is 3.81. The number of nitrogens with one attached hydrogen (secondary N) is 1. The van der Waals surface area contributed by atoms with Crippen molar-refractivity contribution in [1.29, 1.82) is 0 Å². The van der Waals surface area contributed by atoms with Crippen LogP contribution in [0, 0.1) is 0 Å². The highest BCUT2D eigenvalue weighted by Gasteiger charge is 2.35. The standard InChI is InChI=1S/C10H14BrNO2/c11-9-3-2-8(14-9)6-12-10(7-13)4-1-5-10/h2-3,12-13H,1,4-7H2. The van der Waals surface area contributed by atoms with Gasteiger partial charge < -0.3 is 14.8 Å². The van der Waals surface area contributed by atoms with Crippen molar-refractivity contribution in [3.63, 3.8) is 0 Å². The Kier molecular flexibility index (Phi) is 2.95. The monoisotopic (exact) mass is 259 g/mol. The lowest BCUT2D eigenvalue weighted by Gasteiger charge is -2.41. The topological polar surface area (TPSA) is 45.4 Å².